The van der Waals surface area contributed by atoms with Gasteiger partial charge in [-0.2, -0.15) is 4.72 Å². The summed E-state index contributed by atoms with van der Waals surface area (Å²) < 4.78 is 32.5. The minimum atomic E-state index is -3.71. The first kappa shape index (κ1) is 14.3. The molecule has 2 aromatic rings. The van der Waals surface area contributed by atoms with Gasteiger partial charge in [0, 0.05) is 4.47 Å². The van der Waals surface area contributed by atoms with Gasteiger partial charge in [-0.15, -0.1) is 0 Å². The van der Waals surface area contributed by atoms with E-state index in [0.717, 1.165) is 4.47 Å². The molecule has 1 heterocycles. The molecule has 1 aromatic carbocycles. The number of hydrogen-bond donors (Lipinski definition) is 2. The lowest BCUT2D eigenvalue weighted by molar-refractivity contribution is 0.242. The molecule has 0 bridgehead atoms. The van der Waals surface area contributed by atoms with Crippen LogP contribution in [0.25, 0.3) is 0 Å². The molecule has 1 atom stereocenters. The van der Waals surface area contributed by atoms with Crippen LogP contribution in [0.2, 0.25) is 0 Å². The average molecular weight is 346 g/mol. The number of nitrogens with one attached hydrogen (secondary N) is 1. The van der Waals surface area contributed by atoms with Crippen LogP contribution in [0.3, 0.4) is 0 Å². The number of aliphatic hydroxyl groups excluding tert-OH is 1. The first-order chi connectivity index (χ1) is 9.03. The number of rotatable bonds is 5. The lowest BCUT2D eigenvalue weighted by Gasteiger charge is -2.14. The first-order valence-corrected chi connectivity index (χ1v) is 7.73. The van der Waals surface area contributed by atoms with Crippen molar-refractivity contribution in [2.24, 2.45) is 0 Å². The second kappa shape index (κ2) is 5.87. The van der Waals surface area contributed by atoms with Crippen LogP contribution < -0.4 is 4.72 Å². The highest BCUT2D eigenvalue weighted by atomic mass is 79.9. The van der Waals surface area contributed by atoms with E-state index in [0.29, 0.717) is 5.76 Å². The SMILES string of the molecule is O=S(=O)(NC(CO)c1ccco1)c1ccc(Br)cc1. The summed E-state index contributed by atoms with van der Waals surface area (Å²) in [5.74, 6) is 0.364. The molecule has 0 saturated heterocycles. The molecule has 0 spiro atoms. The number of halogens is 1. The maximum absolute atomic E-state index is 12.1. The van der Waals surface area contributed by atoms with Crippen LogP contribution in [0.5, 0.6) is 0 Å². The Hall–Kier alpha value is -1.15. The third-order valence-electron chi connectivity index (χ3n) is 2.49. The number of aliphatic hydroxyl groups is 1. The summed E-state index contributed by atoms with van der Waals surface area (Å²) in [6.07, 6.45) is 1.42. The lowest BCUT2D eigenvalue weighted by Crippen LogP contribution is -2.30. The van der Waals surface area contributed by atoms with E-state index >= 15 is 0 Å². The van der Waals surface area contributed by atoms with Crippen LogP contribution in [-0.4, -0.2) is 20.1 Å². The van der Waals surface area contributed by atoms with Gasteiger partial charge in [0.1, 0.15) is 11.8 Å². The summed E-state index contributed by atoms with van der Waals surface area (Å²) in [5, 5.41) is 9.26. The van der Waals surface area contributed by atoms with Crippen LogP contribution in [-0.2, 0) is 10.0 Å². The highest BCUT2D eigenvalue weighted by molar-refractivity contribution is 9.10. The molecule has 0 radical (unpaired) electrons. The summed E-state index contributed by atoms with van der Waals surface area (Å²) in [6, 6.07) is 8.65. The van der Waals surface area contributed by atoms with Gasteiger partial charge < -0.3 is 9.52 Å². The van der Waals surface area contributed by atoms with Gasteiger partial charge in [-0.3, -0.25) is 0 Å². The zero-order chi connectivity index (χ0) is 13.9. The highest BCUT2D eigenvalue weighted by Gasteiger charge is 2.22. The molecule has 0 aliphatic carbocycles. The summed E-state index contributed by atoms with van der Waals surface area (Å²) in [4.78, 5) is 0.126. The van der Waals surface area contributed by atoms with E-state index < -0.39 is 16.1 Å². The molecule has 0 fully saturated rings. The molecular formula is C12H12BrNO4S. The van der Waals surface area contributed by atoms with Crippen LogP contribution in [0.15, 0.2) is 56.4 Å². The number of sulfonamides is 1. The topological polar surface area (TPSA) is 79.5 Å². The average Bonchev–Trinajstić information content (AvgIpc) is 2.90. The monoisotopic (exact) mass is 345 g/mol. The third-order valence-corrected chi connectivity index (χ3v) is 4.51. The van der Waals surface area contributed by atoms with Crippen LogP contribution in [0, 0.1) is 0 Å². The summed E-state index contributed by atoms with van der Waals surface area (Å²) in [5.41, 5.74) is 0. The third kappa shape index (κ3) is 3.44. The zero-order valence-corrected chi connectivity index (χ0v) is 12.2. The van der Waals surface area contributed by atoms with Crippen molar-refractivity contribution in [2.45, 2.75) is 10.9 Å². The van der Waals surface area contributed by atoms with Gasteiger partial charge in [0.05, 0.1) is 17.8 Å². The van der Waals surface area contributed by atoms with Crippen molar-refractivity contribution in [3.8, 4) is 0 Å². The first-order valence-electron chi connectivity index (χ1n) is 5.45. The van der Waals surface area contributed by atoms with Gasteiger partial charge in [0.25, 0.3) is 0 Å². The molecule has 0 amide bonds. The smallest absolute Gasteiger partial charge is 0.241 e. The fraction of sp³-hybridized carbons (Fsp3) is 0.167. The molecule has 2 N–H and O–H groups in total. The second-order valence-corrected chi connectivity index (χ2v) is 6.46. The molecule has 7 heteroatoms. The van der Waals surface area contributed by atoms with E-state index in [-0.39, 0.29) is 11.5 Å². The van der Waals surface area contributed by atoms with Gasteiger partial charge in [0.15, 0.2) is 0 Å². The molecule has 19 heavy (non-hydrogen) atoms. The highest BCUT2D eigenvalue weighted by Crippen LogP contribution is 2.19. The fourth-order valence-corrected chi connectivity index (χ4v) is 3.00. The minimum Gasteiger partial charge on any atom is -0.468 e. The normalized spacial score (nSPS) is 13.4. The van der Waals surface area contributed by atoms with Gasteiger partial charge in [-0.1, -0.05) is 15.9 Å². The van der Waals surface area contributed by atoms with Crippen molar-refractivity contribution < 1.29 is 17.9 Å². The van der Waals surface area contributed by atoms with E-state index in [1.54, 1.807) is 24.3 Å². The van der Waals surface area contributed by atoms with E-state index in [1.807, 2.05) is 0 Å². The van der Waals surface area contributed by atoms with Crippen molar-refractivity contribution in [3.63, 3.8) is 0 Å². The van der Waals surface area contributed by atoms with E-state index in [4.69, 9.17) is 4.42 Å². The van der Waals surface area contributed by atoms with E-state index in [2.05, 4.69) is 20.7 Å². The molecule has 102 valence electrons. The van der Waals surface area contributed by atoms with Crippen LogP contribution in [0.4, 0.5) is 0 Å². The van der Waals surface area contributed by atoms with Crippen LogP contribution in [0.1, 0.15) is 11.8 Å². The maximum atomic E-state index is 12.1. The Labute approximate surface area is 119 Å². The van der Waals surface area contributed by atoms with E-state index in [1.165, 1.54) is 18.4 Å². The molecule has 0 aliphatic rings. The van der Waals surface area contributed by atoms with Crippen molar-refractivity contribution in [3.05, 3.63) is 52.9 Å². The van der Waals surface area contributed by atoms with Crippen molar-refractivity contribution in [1.82, 2.24) is 4.72 Å². The Morgan fingerprint density at radius 3 is 2.47 bits per heavy atom. The number of hydrogen-bond acceptors (Lipinski definition) is 4. The maximum Gasteiger partial charge on any atom is 0.241 e. The molecule has 0 aliphatic heterocycles. The Balaban J connectivity index is 2.23. The largest absolute Gasteiger partial charge is 0.468 e. The van der Waals surface area contributed by atoms with Gasteiger partial charge in [0.2, 0.25) is 10.0 Å². The van der Waals surface area contributed by atoms with Crippen molar-refractivity contribution in [1.29, 1.82) is 0 Å². The van der Waals surface area contributed by atoms with Gasteiger partial charge in [-0.25, -0.2) is 8.42 Å². The molecular weight excluding hydrogens is 334 g/mol. The lowest BCUT2D eigenvalue weighted by atomic mass is 10.2. The molecule has 5 nitrogen and oxygen atoms in total. The number of furan rings is 1. The molecule has 1 aromatic heterocycles. The number of benzene rings is 1. The molecule has 1 unspecified atom stereocenters. The van der Waals surface area contributed by atoms with Crippen molar-refractivity contribution in [2.75, 3.05) is 6.61 Å². The summed E-state index contributed by atoms with van der Waals surface area (Å²) >= 11 is 3.24. The molecule has 2 rings (SSSR count). The second-order valence-electron chi connectivity index (χ2n) is 3.83. The predicted octanol–water partition coefficient (Wildman–Crippen LogP) is 2.05. The Bertz CT molecular complexity index is 622. The van der Waals surface area contributed by atoms with E-state index in [9.17, 15) is 13.5 Å². The summed E-state index contributed by atoms with van der Waals surface area (Å²) in [6.45, 7) is -0.386. The molecule has 0 saturated carbocycles. The standard InChI is InChI=1S/C12H12BrNO4S/c13-9-3-5-10(6-4-9)19(16,17)14-11(8-15)12-2-1-7-18-12/h1-7,11,14-15H,8H2. The van der Waals surface area contributed by atoms with Gasteiger partial charge in [-0.05, 0) is 36.4 Å². The Morgan fingerprint density at radius 2 is 1.95 bits per heavy atom. The summed E-state index contributed by atoms with van der Waals surface area (Å²) in [7, 11) is -3.71. The quantitative estimate of drug-likeness (QED) is 0.869. The zero-order valence-electron chi connectivity index (χ0n) is 9.78. The predicted molar refractivity (Wildman–Crippen MR) is 73.0 cm³/mol. The minimum absolute atomic E-state index is 0.126. The van der Waals surface area contributed by atoms with Crippen LogP contribution >= 0.6 is 15.9 Å². The van der Waals surface area contributed by atoms with Gasteiger partial charge >= 0.3 is 0 Å². The Morgan fingerprint density at radius 1 is 1.26 bits per heavy atom. The fourth-order valence-electron chi connectivity index (χ4n) is 1.54. The van der Waals surface area contributed by atoms with Crippen molar-refractivity contribution >= 4 is 26.0 Å². The Kier molecular flexibility index (Phi) is 4.41.